The molecule has 2 aromatic heterocycles. The van der Waals surface area contributed by atoms with Crippen LogP contribution in [0.2, 0.25) is 0 Å². The van der Waals surface area contributed by atoms with Gasteiger partial charge < -0.3 is 9.51 Å². The molecule has 3 aromatic rings. The predicted octanol–water partition coefficient (Wildman–Crippen LogP) is 2.72. The third kappa shape index (κ3) is 1.86. The van der Waals surface area contributed by atoms with Crippen LogP contribution < -0.4 is 5.32 Å². The van der Waals surface area contributed by atoms with E-state index in [0.717, 1.165) is 16.6 Å². The predicted molar refractivity (Wildman–Crippen MR) is 67.5 cm³/mol. The second-order valence-corrected chi connectivity index (χ2v) is 4.07. The first-order chi connectivity index (χ1) is 8.72. The monoisotopic (exact) mass is 241 g/mol. The van der Waals surface area contributed by atoms with E-state index in [1.165, 1.54) is 0 Å². The number of anilines is 1. The summed E-state index contributed by atoms with van der Waals surface area (Å²) in [6.45, 7) is 1.80. The first-order valence-electron chi connectivity index (χ1n) is 5.54. The van der Waals surface area contributed by atoms with Gasteiger partial charge in [-0.25, -0.2) is 0 Å². The molecule has 1 amide bonds. The van der Waals surface area contributed by atoms with Gasteiger partial charge in [0.2, 0.25) is 5.88 Å². The van der Waals surface area contributed by atoms with E-state index < -0.39 is 0 Å². The quantitative estimate of drug-likeness (QED) is 0.724. The highest BCUT2D eigenvalue weighted by Gasteiger charge is 2.09. The third-order valence-electron chi connectivity index (χ3n) is 2.68. The number of hydrogen-bond donors (Lipinski definition) is 2. The van der Waals surface area contributed by atoms with Gasteiger partial charge in [-0.1, -0.05) is 5.16 Å². The van der Waals surface area contributed by atoms with E-state index in [0.29, 0.717) is 11.4 Å². The van der Waals surface area contributed by atoms with Crippen LogP contribution in [0.4, 0.5) is 5.88 Å². The number of fused-ring (bicyclic) bond motifs is 1. The number of nitrogens with zero attached hydrogens (tertiary/aromatic N) is 1. The number of hydrogen-bond acceptors (Lipinski definition) is 3. The van der Waals surface area contributed by atoms with E-state index in [2.05, 4.69) is 15.5 Å². The van der Waals surface area contributed by atoms with Gasteiger partial charge >= 0.3 is 0 Å². The normalized spacial score (nSPS) is 10.7. The van der Waals surface area contributed by atoms with Crippen molar-refractivity contribution in [2.45, 2.75) is 6.92 Å². The molecule has 2 N–H and O–H groups in total. The van der Waals surface area contributed by atoms with Crippen LogP contribution in [0.25, 0.3) is 10.9 Å². The highest BCUT2D eigenvalue weighted by molar-refractivity contribution is 6.05. The average Bonchev–Trinajstić information content (AvgIpc) is 2.96. The Morgan fingerprint density at radius 2 is 2.22 bits per heavy atom. The van der Waals surface area contributed by atoms with Gasteiger partial charge in [0.05, 0.1) is 5.69 Å². The van der Waals surface area contributed by atoms with Gasteiger partial charge in [0, 0.05) is 28.7 Å². The summed E-state index contributed by atoms with van der Waals surface area (Å²) in [5.41, 5.74) is 2.31. The van der Waals surface area contributed by atoms with Crippen molar-refractivity contribution in [3.63, 3.8) is 0 Å². The first-order valence-corrected chi connectivity index (χ1v) is 5.54. The fraction of sp³-hybridized carbons (Fsp3) is 0.0769. The topological polar surface area (TPSA) is 70.9 Å². The Kier molecular flexibility index (Phi) is 2.37. The molecule has 5 heteroatoms. The number of nitrogens with one attached hydrogen (secondary N) is 2. The molecule has 0 unspecified atom stereocenters. The average molecular weight is 241 g/mol. The summed E-state index contributed by atoms with van der Waals surface area (Å²) >= 11 is 0. The van der Waals surface area contributed by atoms with Crippen LogP contribution in [-0.2, 0) is 0 Å². The Hall–Kier alpha value is -2.56. The molecule has 0 aliphatic rings. The molecule has 0 aliphatic carbocycles. The molecule has 90 valence electrons. The van der Waals surface area contributed by atoms with Crippen molar-refractivity contribution in [1.82, 2.24) is 10.1 Å². The maximum atomic E-state index is 12.0. The lowest BCUT2D eigenvalue weighted by atomic mass is 10.1. The van der Waals surface area contributed by atoms with Crippen molar-refractivity contribution in [2.24, 2.45) is 0 Å². The molecule has 0 fully saturated rings. The number of H-pyrrole nitrogens is 1. The maximum absolute atomic E-state index is 12.0. The number of benzene rings is 1. The van der Waals surface area contributed by atoms with Crippen LogP contribution in [0, 0.1) is 6.92 Å². The molecule has 0 bridgehead atoms. The highest BCUT2D eigenvalue weighted by atomic mass is 16.5. The largest absolute Gasteiger partial charge is 0.361 e. The number of aromatic nitrogens is 2. The molecule has 0 radical (unpaired) electrons. The van der Waals surface area contributed by atoms with Gasteiger partial charge in [0.15, 0.2) is 0 Å². The lowest BCUT2D eigenvalue weighted by Crippen LogP contribution is -2.11. The molecule has 3 rings (SSSR count). The fourth-order valence-electron chi connectivity index (χ4n) is 1.80. The summed E-state index contributed by atoms with van der Waals surface area (Å²) in [5.74, 6) is 0.140. The minimum absolute atomic E-state index is 0.214. The lowest BCUT2D eigenvalue weighted by Gasteiger charge is -2.01. The van der Waals surface area contributed by atoms with Crippen molar-refractivity contribution >= 4 is 22.7 Å². The molecule has 0 spiro atoms. The van der Waals surface area contributed by atoms with Crippen LogP contribution in [0.15, 0.2) is 41.1 Å². The molecular weight excluding hydrogens is 230 g/mol. The van der Waals surface area contributed by atoms with Gasteiger partial charge in [-0.2, -0.15) is 0 Å². The van der Waals surface area contributed by atoms with Crippen LogP contribution in [0.3, 0.4) is 0 Å². The Labute approximate surface area is 103 Å². The molecule has 2 heterocycles. The Morgan fingerprint density at radius 3 is 3.00 bits per heavy atom. The Balaban J connectivity index is 1.87. The van der Waals surface area contributed by atoms with Gasteiger partial charge in [-0.05, 0) is 31.2 Å². The van der Waals surface area contributed by atoms with E-state index in [4.69, 9.17) is 4.52 Å². The number of rotatable bonds is 2. The smallest absolute Gasteiger partial charge is 0.258 e. The van der Waals surface area contributed by atoms with E-state index in [1.54, 1.807) is 19.1 Å². The number of carbonyl (C=O) groups excluding carboxylic acids is 1. The first kappa shape index (κ1) is 10.6. The summed E-state index contributed by atoms with van der Waals surface area (Å²) in [7, 11) is 0. The third-order valence-corrected chi connectivity index (χ3v) is 2.68. The second kappa shape index (κ2) is 4.03. The molecule has 0 aliphatic heterocycles. The highest BCUT2D eigenvalue weighted by Crippen LogP contribution is 2.16. The zero-order chi connectivity index (χ0) is 12.5. The molecule has 0 saturated carbocycles. The van der Waals surface area contributed by atoms with Gasteiger partial charge in [-0.3, -0.25) is 10.1 Å². The molecule has 1 aromatic carbocycles. The lowest BCUT2D eigenvalue weighted by molar-refractivity contribution is 0.102. The standard InChI is InChI=1S/C13H11N3O2/c1-8-6-12(18-16-8)15-13(17)10-2-3-11-9(7-10)4-5-14-11/h2-7,14H,1H3,(H,15,17). The van der Waals surface area contributed by atoms with Crippen LogP contribution in [0.1, 0.15) is 16.1 Å². The number of aryl methyl sites for hydroxylation is 1. The molecular formula is C13H11N3O2. The molecule has 18 heavy (non-hydrogen) atoms. The molecule has 0 atom stereocenters. The summed E-state index contributed by atoms with van der Waals surface area (Å²) in [6.07, 6.45) is 1.84. The van der Waals surface area contributed by atoms with Gasteiger partial charge in [-0.15, -0.1) is 0 Å². The SMILES string of the molecule is Cc1cc(NC(=O)c2ccc3[nH]ccc3c2)on1. The van der Waals surface area contributed by atoms with Crippen molar-refractivity contribution in [3.8, 4) is 0 Å². The fourth-order valence-corrected chi connectivity index (χ4v) is 1.80. The number of carbonyl (C=O) groups is 1. The Bertz CT molecular complexity index is 712. The van der Waals surface area contributed by atoms with E-state index in [9.17, 15) is 4.79 Å². The molecule has 5 nitrogen and oxygen atoms in total. The van der Waals surface area contributed by atoms with Gasteiger partial charge in [0.25, 0.3) is 5.91 Å². The minimum Gasteiger partial charge on any atom is -0.361 e. The summed E-state index contributed by atoms with van der Waals surface area (Å²) < 4.78 is 4.94. The summed E-state index contributed by atoms with van der Waals surface area (Å²) in [5, 5.41) is 7.36. The van der Waals surface area contributed by atoms with Crippen molar-refractivity contribution in [3.05, 3.63) is 47.8 Å². The Morgan fingerprint density at radius 1 is 1.33 bits per heavy atom. The van der Waals surface area contributed by atoms with Crippen LogP contribution in [-0.4, -0.2) is 16.0 Å². The zero-order valence-electron chi connectivity index (χ0n) is 9.73. The van der Waals surface area contributed by atoms with E-state index >= 15 is 0 Å². The van der Waals surface area contributed by atoms with E-state index in [-0.39, 0.29) is 5.91 Å². The van der Waals surface area contributed by atoms with Crippen LogP contribution in [0.5, 0.6) is 0 Å². The van der Waals surface area contributed by atoms with Crippen LogP contribution >= 0.6 is 0 Å². The maximum Gasteiger partial charge on any atom is 0.258 e. The second-order valence-electron chi connectivity index (χ2n) is 4.07. The van der Waals surface area contributed by atoms with Crippen molar-refractivity contribution in [1.29, 1.82) is 0 Å². The summed E-state index contributed by atoms with van der Waals surface area (Å²) in [6, 6.07) is 9.05. The summed E-state index contributed by atoms with van der Waals surface area (Å²) in [4.78, 5) is 15.1. The van der Waals surface area contributed by atoms with Crippen molar-refractivity contribution < 1.29 is 9.32 Å². The van der Waals surface area contributed by atoms with E-state index in [1.807, 2.05) is 24.4 Å². The van der Waals surface area contributed by atoms with Crippen molar-refractivity contribution in [2.75, 3.05) is 5.32 Å². The molecule has 0 saturated heterocycles. The van der Waals surface area contributed by atoms with Gasteiger partial charge in [0.1, 0.15) is 0 Å². The number of aromatic amines is 1. The number of amides is 1. The minimum atomic E-state index is -0.214. The zero-order valence-corrected chi connectivity index (χ0v) is 9.73.